The summed E-state index contributed by atoms with van der Waals surface area (Å²) in [6.07, 6.45) is 0. The zero-order valence-electron chi connectivity index (χ0n) is 14.4. The Morgan fingerprint density at radius 2 is 2.07 bits per heavy atom. The van der Waals surface area contributed by atoms with Crippen LogP contribution in [0.5, 0.6) is 5.75 Å². The van der Waals surface area contributed by atoms with E-state index in [9.17, 15) is 13.2 Å². The first kappa shape index (κ1) is 20.1. The molecule has 1 saturated heterocycles. The third-order valence-electron chi connectivity index (χ3n) is 3.88. The molecule has 1 fully saturated rings. The molecule has 10 heteroatoms. The van der Waals surface area contributed by atoms with Crippen molar-refractivity contribution in [1.29, 1.82) is 0 Å². The SMILES string of the molecule is O=C(NCCOc1cccc(Cl)c1)c1sccc1S(=O)(=O)N1CCOCC1. The Kier molecular flexibility index (Phi) is 6.72. The highest BCUT2D eigenvalue weighted by atomic mass is 35.5. The summed E-state index contributed by atoms with van der Waals surface area (Å²) < 4.78 is 37.6. The van der Waals surface area contributed by atoms with Gasteiger partial charge in [0, 0.05) is 18.1 Å². The van der Waals surface area contributed by atoms with Crippen LogP contribution in [0.25, 0.3) is 0 Å². The van der Waals surface area contributed by atoms with Gasteiger partial charge in [-0.15, -0.1) is 11.3 Å². The molecule has 0 radical (unpaired) electrons. The summed E-state index contributed by atoms with van der Waals surface area (Å²) in [5.74, 6) is 0.162. The Balaban J connectivity index is 1.58. The van der Waals surface area contributed by atoms with E-state index >= 15 is 0 Å². The van der Waals surface area contributed by atoms with Crippen LogP contribution >= 0.6 is 22.9 Å². The smallest absolute Gasteiger partial charge is 0.262 e. The molecule has 7 nitrogen and oxygen atoms in total. The van der Waals surface area contributed by atoms with Gasteiger partial charge in [-0.2, -0.15) is 4.31 Å². The first-order valence-electron chi connectivity index (χ1n) is 8.30. The van der Waals surface area contributed by atoms with Gasteiger partial charge in [-0.1, -0.05) is 17.7 Å². The van der Waals surface area contributed by atoms with E-state index in [1.807, 2.05) is 0 Å². The van der Waals surface area contributed by atoms with Gasteiger partial charge in [0.2, 0.25) is 10.0 Å². The molecule has 0 atom stereocenters. The molecule has 0 spiro atoms. The lowest BCUT2D eigenvalue weighted by atomic mass is 10.3. The number of sulfonamides is 1. The van der Waals surface area contributed by atoms with Crippen molar-refractivity contribution in [3.63, 3.8) is 0 Å². The van der Waals surface area contributed by atoms with Crippen LogP contribution in [0.3, 0.4) is 0 Å². The molecule has 27 heavy (non-hydrogen) atoms. The number of benzene rings is 1. The van der Waals surface area contributed by atoms with Crippen molar-refractivity contribution < 1.29 is 22.7 Å². The van der Waals surface area contributed by atoms with Crippen LogP contribution in [0.4, 0.5) is 0 Å². The van der Waals surface area contributed by atoms with Crippen molar-refractivity contribution >= 4 is 38.9 Å². The molecule has 0 aliphatic carbocycles. The Morgan fingerprint density at radius 1 is 1.30 bits per heavy atom. The zero-order valence-corrected chi connectivity index (χ0v) is 16.8. The van der Waals surface area contributed by atoms with Crippen LogP contribution in [-0.2, 0) is 14.8 Å². The number of carbonyl (C=O) groups is 1. The number of thiophene rings is 1. The highest BCUT2D eigenvalue weighted by Crippen LogP contribution is 2.25. The van der Waals surface area contributed by atoms with Crippen LogP contribution in [0.15, 0.2) is 40.6 Å². The first-order valence-corrected chi connectivity index (χ1v) is 11.0. The lowest BCUT2D eigenvalue weighted by Crippen LogP contribution is -2.41. The molecular formula is C17H19ClN2O5S2. The molecule has 1 aliphatic rings. The molecule has 3 rings (SSSR count). The molecule has 1 aliphatic heterocycles. The van der Waals surface area contributed by atoms with Gasteiger partial charge in [-0.3, -0.25) is 4.79 Å². The van der Waals surface area contributed by atoms with Crippen LogP contribution in [0.2, 0.25) is 5.02 Å². The maximum absolute atomic E-state index is 12.8. The number of amides is 1. The van der Waals surface area contributed by atoms with Crippen molar-refractivity contribution in [2.24, 2.45) is 0 Å². The Hall–Kier alpha value is -1.65. The Bertz CT molecular complexity index is 894. The number of ether oxygens (including phenoxy) is 2. The van der Waals surface area contributed by atoms with Crippen molar-refractivity contribution in [1.82, 2.24) is 9.62 Å². The van der Waals surface area contributed by atoms with Crippen LogP contribution in [0.1, 0.15) is 9.67 Å². The number of hydrogen-bond acceptors (Lipinski definition) is 6. The standard InChI is InChI=1S/C17H19ClN2O5S2/c18-13-2-1-3-14(12-13)25-8-5-19-17(21)16-15(4-11-26-16)27(22,23)20-6-9-24-10-7-20/h1-4,11-12H,5-10H2,(H,19,21). The van der Waals surface area contributed by atoms with Gasteiger partial charge in [-0.05, 0) is 29.6 Å². The summed E-state index contributed by atoms with van der Waals surface area (Å²) in [4.78, 5) is 12.6. The summed E-state index contributed by atoms with van der Waals surface area (Å²) >= 11 is 6.98. The van der Waals surface area contributed by atoms with E-state index in [0.717, 1.165) is 11.3 Å². The molecule has 2 heterocycles. The molecule has 1 N–H and O–H groups in total. The third-order valence-corrected chi connectivity index (χ3v) is 7.09. The fraction of sp³-hybridized carbons (Fsp3) is 0.353. The Morgan fingerprint density at radius 3 is 2.81 bits per heavy atom. The van der Waals surface area contributed by atoms with Gasteiger partial charge in [0.1, 0.15) is 22.1 Å². The van der Waals surface area contributed by atoms with E-state index in [-0.39, 0.29) is 36.0 Å². The molecule has 2 aromatic rings. The largest absolute Gasteiger partial charge is 0.492 e. The van der Waals surface area contributed by atoms with Gasteiger partial charge >= 0.3 is 0 Å². The van der Waals surface area contributed by atoms with Gasteiger partial charge in [0.25, 0.3) is 5.91 Å². The van der Waals surface area contributed by atoms with Crippen molar-refractivity contribution in [2.75, 3.05) is 39.5 Å². The summed E-state index contributed by atoms with van der Waals surface area (Å²) in [5.41, 5.74) is 0. The minimum Gasteiger partial charge on any atom is -0.492 e. The molecule has 1 amide bonds. The van der Waals surface area contributed by atoms with E-state index in [4.69, 9.17) is 21.1 Å². The molecule has 1 aromatic carbocycles. The van der Waals surface area contributed by atoms with Crippen LogP contribution in [-0.4, -0.2) is 58.1 Å². The summed E-state index contributed by atoms with van der Waals surface area (Å²) in [7, 11) is -3.72. The number of carbonyl (C=O) groups excluding carboxylic acids is 1. The number of nitrogens with one attached hydrogen (secondary N) is 1. The van der Waals surface area contributed by atoms with Crippen LogP contribution in [0, 0.1) is 0 Å². The number of nitrogens with zero attached hydrogens (tertiary/aromatic N) is 1. The zero-order chi connectivity index (χ0) is 19.3. The van der Waals surface area contributed by atoms with E-state index in [1.54, 1.807) is 29.6 Å². The minimum atomic E-state index is -3.72. The molecule has 1 aromatic heterocycles. The second kappa shape index (κ2) is 9.03. The third kappa shape index (κ3) is 4.99. The first-order chi connectivity index (χ1) is 13.0. The summed E-state index contributed by atoms with van der Waals surface area (Å²) in [6.45, 7) is 1.75. The maximum Gasteiger partial charge on any atom is 0.262 e. The highest BCUT2D eigenvalue weighted by Gasteiger charge is 2.31. The normalized spacial score (nSPS) is 15.4. The maximum atomic E-state index is 12.8. The lowest BCUT2D eigenvalue weighted by molar-refractivity contribution is 0.0730. The molecule has 0 unspecified atom stereocenters. The molecular weight excluding hydrogens is 412 g/mol. The minimum absolute atomic E-state index is 0.0302. The number of morpholine rings is 1. The van der Waals surface area contributed by atoms with Gasteiger partial charge < -0.3 is 14.8 Å². The van der Waals surface area contributed by atoms with Crippen molar-refractivity contribution in [3.8, 4) is 5.75 Å². The summed E-state index contributed by atoms with van der Waals surface area (Å²) in [5, 5.41) is 4.86. The quantitative estimate of drug-likeness (QED) is 0.681. The second-order valence-corrected chi connectivity index (χ2v) is 8.95. The van der Waals surface area contributed by atoms with E-state index in [1.165, 1.54) is 10.4 Å². The van der Waals surface area contributed by atoms with E-state index in [0.29, 0.717) is 24.0 Å². The fourth-order valence-corrected chi connectivity index (χ4v) is 5.47. The lowest BCUT2D eigenvalue weighted by Gasteiger charge is -2.26. The summed E-state index contributed by atoms with van der Waals surface area (Å²) in [6, 6.07) is 8.41. The number of rotatable bonds is 7. The predicted molar refractivity (Wildman–Crippen MR) is 103 cm³/mol. The van der Waals surface area contributed by atoms with Gasteiger partial charge in [0.15, 0.2) is 0 Å². The monoisotopic (exact) mass is 430 g/mol. The van der Waals surface area contributed by atoms with Gasteiger partial charge in [-0.25, -0.2) is 8.42 Å². The van der Waals surface area contributed by atoms with Gasteiger partial charge in [0.05, 0.1) is 19.8 Å². The van der Waals surface area contributed by atoms with Crippen molar-refractivity contribution in [2.45, 2.75) is 4.90 Å². The second-order valence-electron chi connectivity index (χ2n) is 5.69. The molecule has 146 valence electrons. The van der Waals surface area contributed by atoms with E-state index < -0.39 is 15.9 Å². The molecule has 0 saturated carbocycles. The Labute approximate surface area is 166 Å². The topological polar surface area (TPSA) is 84.9 Å². The number of halogens is 1. The van der Waals surface area contributed by atoms with Crippen LogP contribution < -0.4 is 10.1 Å². The average molecular weight is 431 g/mol. The highest BCUT2D eigenvalue weighted by molar-refractivity contribution is 7.89. The average Bonchev–Trinajstić information content (AvgIpc) is 3.17. The van der Waals surface area contributed by atoms with E-state index in [2.05, 4.69) is 5.32 Å². The predicted octanol–water partition coefficient (Wildman–Crippen LogP) is 2.23. The number of hydrogen-bond donors (Lipinski definition) is 1. The fourth-order valence-electron chi connectivity index (χ4n) is 2.56. The molecule has 0 bridgehead atoms. The van der Waals surface area contributed by atoms with Crippen molar-refractivity contribution in [3.05, 3.63) is 45.6 Å².